The zero-order valence-electron chi connectivity index (χ0n) is 62.9. The molecule has 0 radical (unpaired) electrons. The fourth-order valence-electron chi connectivity index (χ4n) is 18.3. The fraction of sp³-hybridized carbons (Fsp3) is 0.506. The van der Waals surface area contributed by atoms with Crippen LogP contribution in [0.1, 0.15) is 244 Å². The van der Waals surface area contributed by atoms with Crippen LogP contribution < -0.4 is 10.6 Å². The average Bonchev–Trinajstić information content (AvgIpc) is 1.63. The van der Waals surface area contributed by atoms with Crippen LogP contribution in [0.2, 0.25) is 60.3 Å². The van der Waals surface area contributed by atoms with E-state index in [1.807, 2.05) is 72.8 Å². The molecule has 12 aromatic rings. The lowest BCUT2D eigenvalue weighted by atomic mass is 9.88. The summed E-state index contributed by atoms with van der Waals surface area (Å²) in [4.78, 5) is 33.2. The maximum absolute atomic E-state index is 6.46. The van der Waals surface area contributed by atoms with Crippen molar-refractivity contribution in [3.63, 3.8) is 0 Å². The zero-order valence-corrected chi connectivity index (χ0v) is 74.1. The van der Waals surface area contributed by atoms with Gasteiger partial charge in [0.1, 0.15) is 34.9 Å². The molecule has 4 saturated carbocycles. The molecule has 3 N–H and O–H groups in total. The summed E-state index contributed by atoms with van der Waals surface area (Å²) in [6, 6.07) is 23.1. The molecule has 27 heteroatoms. The summed E-state index contributed by atoms with van der Waals surface area (Å²) in [6.07, 6.45) is 32.8. The lowest BCUT2D eigenvalue weighted by Gasteiger charge is -2.24. The van der Waals surface area contributed by atoms with Gasteiger partial charge in [0.25, 0.3) is 0 Å². The Morgan fingerprint density at radius 2 is 0.500 bits per heavy atom. The van der Waals surface area contributed by atoms with Gasteiger partial charge in [-0.2, -0.15) is 0 Å². The summed E-state index contributed by atoms with van der Waals surface area (Å²) in [7, 11) is 0. The van der Waals surface area contributed by atoms with Crippen molar-refractivity contribution in [2.45, 2.75) is 242 Å². The van der Waals surface area contributed by atoms with Gasteiger partial charge in [-0.3, -0.25) is 0 Å². The summed E-state index contributed by atoms with van der Waals surface area (Å²) in [5, 5.41) is 13.8. The van der Waals surface area contributed by atoms with Gasteiger partial charge in [-0.05, 0) is 195 Å². The molecule has 0 amide bonds. The van der Waals surface area contributed by atoms with Gasteiger partial charge < -0.3 is 38.5 Å². The van der Waals surface area contributed by atoms with Gasteiger partial charge in [-0.25, -0.2) is 29.9 Å². The number of aryl methyl sites for hydroxylation is 5. The van der Waals surface area contributed by atoms with Crippen molar-refractivity contribution in [2.24, 2.45) is 0 Å². The highest BCUT2D eigenvalue weighted by molar-refractivity contribution is 14.1. The first kappa shape index (κ1) is 83.3. The number of piperidine rings is 2. The maximum atomic E-state index is 6.46. The minimum atomic E-state index is 0.423. The van der Waals surface area contributed by atoms with Crippen LogP contribution in [0, 0.1) is 0 Å². The Hall–Kier alpha value is -3.73. The molecule has 596 valence electrons. The summed E-state index contributed by atoms with van der Waals surface area (Å²) in [6.45, 7) is 8.47. The van der Waals surface area contributed by atoms with E-state index >= 15 is 0 Å². The largest absolute Gasteiger partial charge is 0.342 e. The van der Waals surface area contributed by atoms with Gasteiger partial charge in [-0.1, -0.05) is 239 Å². The van der Waals surface area contributed by atoms with Crippen LogP contribution >= 0.6 is 162 Å². The molecular formula is C85H95Cl12IN14. The molecule has 4 aliphatic carbocycles. The predicted molar refractivity (Wildman–Crippen MR) is 481 cm³/mol. The van der Waals surface area contributed by atoms with Gasteiger partial charge >= 0.3 is 0 Å². The highest BCUT2D eigenvalue weighted by Gasteiger charge is 2.30. The van der Waals surface area contributed by atoms with Gasteiger partial charge in [0.2, 0.25) is 0 Å². The number of aromatic nitrogens is 12. The summed E-state index contributed by atoms with van der Waals surface area (Å²) >= 11 is 78.1. The standard InChI is InChI=1S/C29H32Cl4N4.C27H30Cl4N6.C16H19Cl2IN2.C13H14Cl2N2/c30-20-14-24-26(16-22(20)32)36(28(34-24)18-8-3-1-4-9-18)12-7-13-37-27-17-23(33)21(31)15-25(27)35-29(37)19-10-5-2-6-11-19;28-18-12-22-24(14-20(18)30)36(26(34-22)16-2-6-32-7-3-16)10-1-11-37-25-15-21(31)19(29)13-23(25)35-27(37)17-4-8-33-9-5-17;17-12-9-14-15(10-13(12)18)21(8-4-7-19)16(20-14)11-5-2-1-3-6-11;14-9-6-11-12(7-10(9)15)17-13(16-11)8-4-2-1-3-5-8/h14-19H,1-13H2;12-17,32-33H,1-11H2;9-11H,1-8H2;6-8H,1-5H2,(H,16,17). The minimum Gasteiger partial charge on any atom is -0.342 e. The molecule has 8 heterocycles. The van der Waals surface area contributed by atoms with E-state index in [0.717, 1.165) is 192 Å². The number of hydrogen-bond acceptors (Lipinski definition) is 8. The summed E-state index contributed by atoms with van der Waals surface area (Å²) in [5.74, 6) is 9.99. The van der Waals surface area contributed by atoms with Crippen LogP contribution in [-0.4, -0.2) is 88.3 Å². The third kappa shape index (κ3) is 19.1. The number of aromatic amines is 1. The van der Waals surface area contributed by atoms with Gasteiger partial charge in [0.05, 0.1) is 126 Å². The second-order valence-corrected chi connectivity index (χ2v) is 37.4. The lowest BCUT2D eigenvalue weighted by molar-refractivity contribution is 0.405. The average molecular weight is 1870 g/mol. The minimum absolute atomic E-state index is 0.423. The Morgan fingerprint density at radius 1 is 0.268 bits per heavy atom. The van der Waals surface area contributed by atoms with Crippen molar-refractivity contribution in [1.29, 1.82) is 0 Å². The molecule has 6 aromatic heterocycles. The monoisotopic (exact) mass is 1860 g/mol. The van der Waals surface area contributed by atoms with Crippen molar-refractivity contribution in [1.82, 2.24) is 68.4 Å². The third-order valence-corrected chi connectivity index (χ3v) is 29.1. The first-order valence-corrected chi connectivity index (χ1v) is 46.6. The normalized spacial score (nSPS) is 17.6. The molecule has 6 aromatic carbocycles. The zero-order chi connectivity index (χ0) is 77.7. The van der Waals surface area contributed by atoms with E-state index in [1.165, 1.54) is 146 Å². The Labute approximate surface area is 729 Å². The van der Waals surface area contributed by atoms with E-state index in [-0.39, 0.29) is 0 Å². The molecule has 6 aliphatic rings. The van der Waals surface area contributed by atoms with E-state index in [0.29, 0.717) is 95.8 Å². The Morgan fingerprint density at radius 3 is 0.777 bits per heavy atom. The second kappa shape index (κ2) is 38.6. The molecule has 0 bridgehead atoms. The summed E-state index contributed by atoms with van der Waals surface area (Å²) < 4.78 is 13.1. The Balaban J connectivity index is 0.000000124. The number of hydrogen-bond donors (Lipinski definition) is 3. The van der Waals surface area contributed by atoms with Gasteiger partial charge in [-0.15, -0.1) is 0 Å². The maximum Gasteiger partial charge on any atom is 0.113 e. The van der Waals surface area contributed by atoms with Gasteiger partial charge in [0.15, 0.2) is 0 Å². The van der Waals surface area contributed by atoms with Crippen molar-refractivity contribution in [2.75, 3.05) is 30.6 Å². The van der Waals surface area contributed by atoms with Crippen LogP contribution in [0.25, 0.3) is 66.2 Å². The molecule has 0 spiro atoms. The number of halogens is 13. The van der Waals surface area contributed by atoms with E-state index < -0.39 is 0 Å². The first-order chi connectivity index (χ1) is 54.4. The molecule has 18 rings (SSSR count). The number of imidazole rings is 6. The van der Waals surface area contributed by atoms with Crippen LogP contribution in [0.5, 0.6) is 0 Å². The van der Waals surface area contributed by atoms with Crippen LogP contribution in [0.4, 0.5) is 0 Å². The molecule has 2 aliphatic heterocycles. The lowest BCUT2D eigenvalue weighted by Crippen LogP contribution is -2.28. The molecule has 0 unspecified atom stereocenters. The number of fused-ring (bicyclic) bond motifs is 6. The van der Waals surface area contributed by atoms with Crippen molar-refractivity contribution >= 4 is 228 Å². The Kier molecular flexibility index (Phi) is 28.7. The third-order valence-electron chi connectivity index (χ3n) is 24.0. The van der Waals surface area contributed by atoms with E-state index in [4.69, 9.17) is 164 Å². The number of rotatable bonds is 17. The highest BCUT2D eigenvalue weighted by atomic mass is 127. The Bertz CT molecular complexity index is 4800. The topological polar surface area (TPSA) is 142 Å². The van der Waals surface area contributed by atoms with Crippen LogP contribution in [-0.2, 0) is 32.7 Å². The van der Waals surface area contributed by atoms with Crippen molar-refractivity contribution < 1.29 is 0 Å². The van der Waals surface area contributed by atoms with E-state index in [9.17, 15) is 0 Å². The fourth-order valence-corrected chi connectivity index (χ4v) is 20.5. The predicted octanol–water partition coefficient (Wildman–Crippen LogP) is 28.3. The molecular weight excluding hydrogens is 1770 g/mol. The number of alkyl halides is 1. The van der Waals surface area contributed by atoms with Crippen molar-refractivity contribution in [3.05, 3.63) is 168 Å². The first-order valence-electron chi connectivity index (χ1n) is 40.5. The van der Waals surface area contributed by atoms with Crippen LogP contribution in [0.15, 0.2) is 72.8 Å². The van der Waals surface area contributed by atoms with E-state index in [1.54, 1.807) is 0 Å². The smallest absolute Gasteiger partial charge is 0.113 e. The number of nitrogens with zero attached hydrogens (tertiary/aromatic N) is 11. The molecule has 2 saturated heterocycles. The molecule has 0 atom stereocenters. The molecule has 6 fully saturated rings. The van der Waals surface area contributed by atoms with Crippen molar-refractivity contribution in [3.8, 4) is 0 Å². The molecule has 14 nitrogen and oxygen atoms in total. The van der Waals surface area contributed by atoms with Crippen LogP contribution in [0.3, 0.4) is 0 Å². The number of benzene rings is 6. The quantitative estimate of drug-likeness (QED) is 0.0604. The summed E-state index contributed by atoms with van der Waals surface area (Å²) in [5.41, 5.74) is 12.0. The highest BCUT2D eigenvalue weighted by Crippen LogP contribution is 2.43. The van der Waals surface area contributed by atoms with Gasteiger partial charge in [0, 0.05) is 72.7 Å². The molecule has 112 heavy (non-hydrogen) atoms. The van der Waals surface area contributed by atoms with E-state index in [2.05, 4.69) is 66.0 Å². The second-order valence-electron chi connectivity index (χ2n) is 31.4. The number of nitrogens with one attached hydrogen (secondary N) is 3. The number of H-pyrrole nitrogens is 1. The SMILES string of the molecule is Clc1cc2nc(C3CCCCC3)[nH]c2cc1Cl.Clc1cc2nc(C3CCCCC3)n(CCCI)c2cc1Cl.Clc1cc2nc(C3CCCCC3)n(CCCn3c(C4CCCCC4)nc4cc(Cl)c(Cl)cc43)c2cc1Cl.Clc1cc2nc(C3CCNCC3)n(CCCn3c(C4CCNCC4)nc4cc(Cl)c(Cl)cc43)c2cc1Cl.